The highest BCUT2D eigenvalue weighted by molar-refractivity contribution is 5.97. The van der Waals surface area contributed by atoms with Crippen LogP contribution in [-0.4, -0.2) is 66.6 Å². The third kappa shape index (κ3) is 5.21. The highest BCUT2D eigenvalue weighted by Crippen LogP contribution is 2.31. The smallest absolute Gasteiger partial charge is 0.320 e. The van der Waals surface area contributed by atoms with E-state index in [1.165, 1.54) is 0 Å². The Morgan fingerprint density at radius 1 is 1.03 bits per heavy atom. The van der Waals surface area contributed by atoms with Gasteiger partial charge in [-0.2, -0.15) is 0 Å². The minimum atomic E-state index is -0.808. The molecular formula is C22H34N4O3. The second-order valence-corrected chi connectivity index (χ2v) is 7.88. The zero-order valence-electron chi connectivity index (χ0n) is 17.7. The lowest BCUT2D eigenvalue weighted by Crippen LogP contribution is -2.63. The molecule has 1 aliphatic heterocycles. The van der Waals surface area contributed by atoms with Crippen molar-refractivity contribution >= 4 is 17.6 Å². The molecule has 0 atom stereocenters. The summed E-state index contributed by atoms with van der Waals surface area (Å²) >= 11 is 0. The molecule has 1 aromatic rings. The van der Waals surface area contributed by atoms with Crippen molar-refractivity contribution in [2.45, 2.75) is 51.5 Å². The lowest BCUT2D eigenvalue weighted by Gasteiger charge is -2.43. The number of ether oxygens (including phenoxy) is 1. The molecule has 1 saturated heterocycles. The number of carbonyl (C=O) groups excluding carboxylic acids is 2. The van der Waals surface area contributed by atoms with Crippen LogP contribution in [0.4, 0.5) is 10.5 Å². The van der Waals surface area contributed by atoms with Crippen LogP contribution >= 0.6 is 0 Å². The SMILES string of the molecule is CCOc1ccccc1NC(=O)NC1(C(=O)N2CCN(CC)CC2)CCCCC1. The van der Waals surface area contributed by atoms with Gasteiger partial charge in [0.05, 0.1) is 12.3 Å². The summed E-state index contributed by atoms with van der Waals surface area (Å²) < 4.78 is 5.59. The number of nitrogens with one attached hydrogen (secondary N) is 2. The largest absolute Gasteiger partial charge is 0.492 e. The van der Waals surface area contributed by atoms with E-state index in [9.17, 15) is 9.59 Å². The number of benzene rings is 1. The molecule has 1 aliphatic carbocycles. The Morgan fingerprint density at radius 3 is 2.38 bits per heavy atom. The molecule has 0 radical (unpaired) electrons. The average molecular weight is 403 g/mol. The maximum absolute atomic E-state index is 13.5. The topological polar surface area (TPSA) is 73.9 Å². The zero-order valence-corrected chi connectivity index (χ0v) is 17.7. The number of para-hydroxylation sites is 2. The van der Waals surface area contributed by atoms with Gasteiger partial charge >= 0.3 is 6.03 Å². The van der Waals surface area contributed by atoms with Gasteiger partial charge in [-0.3, -0.25) is 4.79 Å². The zero-order chi connectivity index (χ0) is 20.7. The van der Waals surface area contributed by atoms with Crippen molar-refractivity contribution in [3.8, 4) is 5.75 Å². The Morgan fingerprint density at radius 2 is 1.72 bits per heavy atom. The standard InChI is InChI=1S/C22H34N4O3/c1-3-25-14-16-26(17-15-25)20(27)22(12-8-5-9-13-22)24-21(28)23-18-10-6-7-11-19(18)29-4-2/h6-7,10-11H,3-5,8-9,12-17H2,1-2H3,(H2,23,24,28). The van der Waals surface area contributed by atoms with Crippen LogP contribution in [-0.2, 0) is 4.79 Å². The summed E-state index contributed by atoms with van der Waals surface area (Å²) in [4.78, 5) is 30.6. The molecule has 2 fully saturated rings. The van der Waals surface area contributed by atoms with Crippen molar-refractivity contribution in [3.05, 3.63) is 24.3 Å². The average Bonchev–Trinajstić information content (AvgIpc) is 2.75. The lowest BCUT2D eigenvalue weighted by atomic mass is 9.80. The van der Waals surface area contributed by atoms with Gasteiger partial charge in [-0.05, 0) is 38.4 Å². The fourth-order valence-electron chi connectivity index (χ4n) is 4.34. The Kier molecular flexibility index (Phi) is 7.36. The van der Waals surface area contributed by atoms with E-state index in [0.717, 1.165) is 52.0 Å². The Bertz CT molecular complexity index is 695. The van der Waals surface area contributed by atoms with Gasteiger partial charge in [-0.15, -0.1) is 0 Å². The Balaban J connectivity index is 1.70. The quantitative estimate of drug-likeness (QED) is 0.767. The van der Waals surface area contributed by atoms with Gasteiger partial charge in [-0.25, -0.2) is 4.79 Å². The van der Waals surface area contributed by atoms with Crippen molar-refractivity contribution in [2.75, 3.05) is 44.6 Å². The monoisotopic (exact) mass is 402 g/mol. The first-order valence-corrected chi connectivity index (χ1v) is 10.9. The van der Waals surface area contributed by atoms with Crippen LogP contribution in [0.1, 0.15) is 46.0 Å². The van der Waals surface area contributed by atoms with E-state index in [0.29, 0.717) is 30.9 Å². The molecule has 3 amide bonds. The lowest BCUT2D eigenvalue weighted by molar-refractivity contribution is -0.141. The summed E-state index contributed by atoms with van der Waals surface area (Å²) in [7, 11) is 0. The Hall–Kier alpha value is -2.28. The molecule has 0 bridgehead atoms. The van der Waals surface area contributed by atoms with E-state index in [4.69, 9.17) is 4.74 Å². The third-order valence-electron chi connectivity index (χ3n) is 6.01. The third-order valence-corrected chi connectivity index (χ3v) is 6.01. The van der Waals surface area contributed by atoms with Crippen LogP contribution < -0.4 is 15.4 Å². The number of hydrogen-bond donors (Lipinski definition) is 2. The Labute approximate surface area is 173 Å². The molecule has 0 unspecified atom stereocenters. The number of carbonyl (C=O) groups is 2. The van der Waals surface area contributed by atoms with Gasteiger partial charge in [0.1, 0.15) is 11.3 Å². The van der Waals surface area contributed by atoms with Crippen LogP contribution in [0, 0.1) is 0 Å². The van der Waals surface area contributed by atoms with Crippen molar-refractivity contribution in [1.29, 1.82) is 0 Å². The van der Waals surface area contributed by atoms with Gasteiger partial charge in [-0.1, -0.05) is 38.3 Å². The molecular weight excluding hydrogens is 368 g/mol. The highest BCUT2D eigenvalue weighted by atomic mass is 16.5. The summed E-state index contributed by atoms with van der Waals surface area (Å²) in [5.74, 6) is 0.700. The second-order valence-electron chi connectivity index (χ2n) is 7.88. The summed E-state index contributed by atoms with van der Waals surface area (Å²) in [5.41, 5.74) is -0.195. The molecule has 3 rings (SSSR count). The van der Waals surface area contributed by atoms with Crippen molar-refractivity contribution in [2.24, 2.45) is 0 Å². The van der Waals surface area contributed by atoms with Crippen molar-refractivity contribution < 1.29 is 14.3 Å². The summed E-state index contributed by atoms with van der Waals surface area (Å²) in [5, 5.41) is 5.95. The van der Waals surface area contributed by atoms with E-state index in [1.807, 2.05) is 36.1 Å². The molecule has 2 N–H and O–H groups in total. The van der Waals surface area contributed by atoms with Gasteiger partial charge in [0.15, 0.2) is 0 Å². The van der Waals surface area contributed by atoms with Crippen molar-refractivity contribution in [3.63, 3.8) is 0 Å². The molecule has 1 heterocycles. The molecule has 0 spiro atoms. The number of amides is 3. The first-order chi connectivity index (χ1) is 14.1. The fourth-order valence-corrected chi connectivity index (χ4v) is 4.34. The van der Waals surface area contributed by atoms with E-state index in [-0.39, 0.29) is 11.9 Å². The minimum Gasteiger partial charge on any atom is -0.492 e. The highest BCUT2D eigenvalue weighted by Gasteiger charge is 2.44. The van der Waals surface area contributed by atoms with Crippen LogP contribution in [0.3, 0.4) is 0 Å². The number of piperazine rings is 1. The molecule has 0 aromatic heterocycles. The molecule has 2 aliphatic rings. The first-order valence-electron chi connectivity index (χ1n) is 10.9. The fraction of sp³-hybridized carbons (Fsp3) is 0.636. The van der Waals surface area contributed by atoms with E-state index >= 15 is 0 Å². The van der Waals surface area contributed by atoms with Crippen molar-refractivity contribution in [1.82, 2.24) is 15.1 Å². The van der Waals surface area contributed by atoms with Gasteiger partial charge in [0.25, 0.3) is 0 Å². The normalized spacial score (nSPS) is 19.4. The number of hydrogen-bond acceptors (Lipinski definition) is 4. The summed E-state index contributed by atoms with van der Waals surface area (Å²) in [6.07, 6.45) is 4.41. The van der Waals surface area contributed by atoms with Gasteiger partial charge in [0.2, 0.25) is 5.91 Å². The predicted octanol–water partition coefficient (Wildman–Crippen LogP) is 3.07. The molecule has 29 heavy (non-hydrogen) atoms. The van der Waals surface area contributed by atoms with E-state index in [1.54, 1.807) is 0 Å². The predicted molar refractivity (Wildman–Crippen MR) is 114 cm³/mol. The number of urea groups is 1. The molecule has 1 saturated carbocycles. The van der Waals surface area contributed by atoms with E-state index in [2.05, 4.69) is 22.5 Å². The summed E-state index contributed by atoms with van der Waals surface area (Å²) in [6, 6.07) is 7.01. The van der Waals surface area contributed by atoms with Gasteiger partial charge in [0, 0.05) is 26.2 Å². The van der Waals surface area contributed by atoms with Crippen LogP contribution in [0.5, 0.6) is 5.75 Å². The number of likely N-dealkylation sites (N-methyl/N-ethyl adjacent to an activating group) is 1. The molecule has 7 heteroatoms. The first kappa shape index (κ1) is 21.4. The number of rotatable bonds is 6. The van der Waals surface area contributed by atoms with Crippen LogP contribution in [0.15, 0.2) is 24.3 Å². The summed E-state index contributed by atoms with van der Waals surface area (Å²) in [6.45, 7) is 8.82. The maximum Gasteiger partial charge on any atom is 0.320 e. The minimum absolute atomic E-state index is 0.0706. The number of anilines is 1. The molecule has 1 aromatic carbocycles. The molecule has 7 nitrogen and oxygen atoms in total. The van der Waals surface area contributed by atoms with Crippen LogP contribution in [0.2, 0.25) is 0 Å². The van der Waals surface area contributed by atoms with Crippen LogP contribution in [0.25, 0.3) is 0 Å². The van der Waals surface area contributed by atoms with E-state index < -0.39 is 5.54 Å². The molecule has 160 valence electrons. The van der Waals surface area contributed by atoms with Gasteiger partial charge < -0.3 is 25.2 Å². The maximum atomic E-state index is 13.5. The number of nitrogens with zero attached hydrogens (tertiary/aromatic N) is 2. The second kappa shape index (κ2) is 9.96.